The highest BCUT2D eigenvalue weighted by Gasteiger charge is 2.06. The first-order chi connectivity index (χ1) is 7.26. The molecule has 0 atom stereocenters. The molecule has 4 heteroatoms. The summed E-state index contributed by atoms with van der Waals surface area (Å²) in [5, 5.41) is 0.903. The summed E-state index contributed by atoms with van der Waals surface area (Å²) in [6, 6.07) is 7.20. The van der Waals surface area contributed by atoms with Crippen LogP contribution in [-0.2, 0) is 0 Å². The highest BCUT2D eigenvalue weighted by molar-refractivity contribution is 9.10. The van der Waals surface area contributed by atoms with E-state index in [1.165, 1.54) is 0 Å². The van der Waals surface area contributed by atoms with Gasteiger partial charge in [0.1, 0.15) is 0 Å². The molecule has 2 rings (SSSR count). The Morgan fingerprint density at radius 2 is 2.13 bits per heavy atom. The Morgan fingerprint density at radius 3 is 2.80 bits per heavy atom. The lowest BCUT2D eigenvalue weighted by Gasteiger charge is -2.04. The third-order valence-corrected chi connectivity index (χ3v) is 2.84. The van der Waals surface area contributed by atoms with Gasteiger partial charge in [0.05, 0.1) is 12.6 Å². The quantitative estimate of drug-likeness (QED) is 0.784. The molecule has 0 saturated heterocycles. The van der Waals surface area contributed by atoms with E-state index in [0.717, 1.165) is 16.1 Å². The predicted octanol–water partition coefficient (Wildman–Crippen LogP) is 2.82. The van der Waals surface area contributed by atoms with E-state index in [1.54, 1.807) is 19.2 Å². The van der Waals surface area contributed by atoms with Crippen LogP contribution in [0.3, 0.4) is 0 Å². The molecule has 0 bridgehead atoms. The van der Waals surface area contributed by atoms with Gasteiger partial charge in [-0.2, -0.15) is 0 Å². The Morgan fingerprint density at radius 1 is 1.33 bits per heavy atom. The lowest BCUT2D eigenvalue weighted by Crippen LogP contribution is -1.92. The zero-order chi connectivity index (χ0) is 10.8. The average molecular weight is 266 g/mol. The molecule has 0 N–H and O–H groups in total. The summed E-state index contributed by atoms with van der Waals surface area (Å²) in [5.41, 5.74) is 1.21. The minimum atomic E-state index is 0.503. The molecule has 1 aromatic heterocycles. The fourth-order valence-electron chi connectivity index (χ4n) is 1.39. The maximum atomic E-state index is 10.8. The van der Waals surface area contributed by atoms with Crippen LogP contribution in [0, 0.1) is 0 Å². The maximum Gasteiger partial charge on any atom is 0.213 e. The fraction of sp³-hybridized carbons (Fsp3) is 0.0909. The van der Waals surface area contributed by atoms with Crippen LogP contribution in [0.2, 0.25) is 0 Å². The molecule has 0 radical (unpaired) electrons. The number of carbonyl (C=O) groups excluding carboxylic acids is 1. The molecule has 0 aliphatic rings. The second-order valence-corrected chi connectivity index (χ2v) is 3.86. The zero-order valence-corrected chi connectivity index (χ0v) is 9.61. The van der Waals surface area contributed by atoms with E-state index in [-0.39, 0.29) is 0 Å². The first kappa shape index (κ1) is 10.1. The van der Waals surface area contributed by atoms with Gasteiger partial charge in [0.2, 0.25) is 5.88 Å². The number of methoxy groups -OCH3 is 1. The standard InChI is InChI=1S/C11H8BrNO2/c1-15-10-5-3-8-9(12)4-2-7(6-14)11(8)13-10/h2-6H,1H3. The monoisotopic (exact) mass is 265 g/mol. The Hall–Kier alpha value is -1.42. The van der Waals surface area contributed by atoms with Crippen molar-refractivity contribution in [1.29, 1.82) is 0 Å². The normalized spacial score (nSPS) is 10.3. The second-order valence-electron chi connectivity index (χ2n) is 3.00. The zero-order valence-electron chi connectivity index (χ0n) is 8.03. The molecule has 2 aromatic rings. The molecule has 0 unspecified atom stereocenters. The third kappa shape index (κ3) is 1.72. The Labute approximate surface area is 95.2 Å². The lowest BCUT2D eigenvalue weighted by molar-refractivity contribution is 0.112. The van der Waals surface area contributed by atoms with Gasteiger partial charge in [-0.25, -0.2) is 4.98 Å². The number of hydrogen-bond acceptors (Lipinski definition) is 3. The number of carbonyl (C=O) groups is 1. The topological polar surface area (TPSA) is 39.2 Å². The molecule has 15 heavy (non-hydrogen) atoms. The molecule has 3 nitrogen and oxygen atoms in total. The van der Waals surface area contributed by atoms with Gasteiger partial charge >= 0.3 is 0 Å². The lowest BCUT2D eigenvalue weighted by atomic mass is 10.1. The van der Waals surface area contributed by atoms with Gasteiger partial charge in [0, 0.05) is 21.5 Å². The molecule has 1 aromatic carbocycles. The van der Waals surface area contributed by atoms with E-state index in [4.69, 9.17) is 4.74 Å². The Kier molecular flexibility index (Phi) is 2.68. The first-order valence-electron chi connectivity index (χ1n) is 4.34. The summed E-state index contributed by atoms with van der Waals surface area (Å²) in [6.45, 7) is 0. The number of nitrogens with zero attached hydrogens (tertiary/aromatic N) is 1. The predicted molar refractivity (Wildman–Crippen MR) is 61.4 cm³/mol. The number of aldehydes is 1. The van der Waals surface area contributed by atoms with Crippen molar-refractivity contribution in [2.24, 2.45) is 0 Å². The van der Waals surface area contributed by atoms with Crippen LogP contribution in [0.15, 0.2) is 28.7 Å². The van der Waals surface area contributed by atoms with Crippen LogP contribution in [0.25, 0.3) is 10.9 Å². The number of halogens is 1. The molecule has 0 aliphatic carbocycles. The number of ether oxygens (including phenoxy) is 1. The first-order valence-corrected chi connectivity index (χ1v) is 5.14. The highest BCUT2D eigenvalue weighted by Crippen LogP contribution is 2.26. The number of rotatable bonds is 2. The van der Waals surface area contributed by atoms with E-state index in [2.05, 4.69) is 20.9 Å². The van der Waals surface area contributed by atoms with Gasteiger partial charge < -0.3 is 4.74 Å². The minimum absolute atomic E-state index is 0.503. The molecule has 1 heterocycles. The van der Waals surface area contributed by atoms with Gasteiger partial charge in [-0.3, -0.25) is 4.79 Å². The summed E-state index contributed by atoms with van der Waals surface area (Å²) in [5.74, 6) is 0.503. The van der Waals surface area contributed by atoms with Gasteiger partial charge in [-0.05, 0) is 18.2 Å². The summed E-state index contributed by atoms with van der Waals surface area (Å²) < 4.78 is 5.93. The van der Waals surface area contributed by atoms with Crippen LogP contribution in [0.1, 0.15) is 10.4 Å². The molecule has 0 spiro atoms. The largest absolute Gasteiger partial charge is 0.481 e. The van der Waals surface area contributed by atoms with Gasteiger partial charge in [0.15, 0.2) is 6.29 Å². The van der Waals surface area contributed by atoms with Crippen LogP contribution < -0.4 is 4.74 Å². The number of benzene rings is 1. The second kappa shape index (κ2) is 3.98. The van der Waals surface area contributed by atoms with Gasteiger partial charge in [0.25, 0.3) is 0 Å². The van der Waals surface area contributed by atoms with Crippen molar-refractivity contribution >= 4 is 33.1 Å². The average Bonchev–Trinajstić information content (AvgIpc) is 2.29. The van der Waals surface area contributed by atoms with Crippen LogP contribution in [0.5, 0.6) is 5.88 Å². The summed E-state index contributed by atoms with van der Waals surface area (Å²) in [7, 11) is 1.55. The number of fused-ring (bicyclic) bond motifs is 1. The molecule has 0 amide bonds. The van der Waals surface area contributed by atoms with E-state index < -0.39 is 0 Å². The molecular formula is C11H8BrNO2. The summed E-state index contributed by atoms with van der Waals surface area (Å²) in [6.07, 6.45) is 0.793. The van der Waals surface area contributed by atoms with Gasteiger partial charge in [-0.1, -0.05) is 15.9 Å². The Bertz CT molecular complexity index is 525. The van der Waals surface area contributed by atoms with E-state index >= 15 is 0 Å². The number of pyridine rings is 1. The molecular weight excluding hydrogens is 258 g/mol. The summed E-state index contributed by atoms with van der Waals surface area (Å²) >= 11 is 3.41. The molecule has 76 valence electrons. The van der Waals surface area contributed by atoms with Crippen molar-refractivity contribution < 1.29 is 9.53 Å². The maximum absolute atomic E-state index is 10.8. The van der Waals surface area contributed by atoms with E-state index in [0.29, 0.717) is 17.0 Å². The SMILES string of the molecule is COc1ccc2c(Br)ccc(C=O)c2n1. The minimum Gasteiger partial charge on any atom is -0.481 e. The molecule has 0 aliphatic heterocycles. The van der Waals surface area contributed by atoms with Crippen molar-refractivity contribution in [3.05, 3.63) is 34.3 Å². The van der Waals surface area contributed by atoms with Crippen LogP contribution >= 0.6 is 15.9 Å². The molecule has 0 saturated carbocycles. The third-order valence-electron chi connectivity index (χ3n) is 2.15. The van der Waals surface area contributed by atoms with Crippen molar-refractivity contribution in [3.8, 4) is 5.88 Å². The Balaban J connectivity index is 2.82. The van der Waals surface area contributed by atoms with Crippen molar-refractivity contribution in [3.63, 3.8) is 0 Å². The van der Waals surface area contributed by atoms with Crippen molar-refractivity contribution in [2.75, 3.05) is 7.11 Å². The van der Waals surface area contributed by atoms with Crippen molar-refractivity contribution in [2.45, 2.75) is 0 Å². The number of hydrogen-bond donors (Lipinski definition) is 0. The van der Waals surface area contributed by atoms with Crippen LogP contribution in [-0.4, -0.2) is 18.4 Å². The van der Waals surface area contributed by atoms with E-state index in [9.17, 15) is 4.79 Å². The summed E-state index contributed by atoms with van der Waals surface area (Å²) in [4.78, 5) is 15.1. The highest BCUT2D eigenvalue weighted by atomic mass is 79.9. The van der Waals surface area contributed by atoms with Gasteiger partial charge in [-0.15, -0.1) is 0 Å². The fourth-order valence-corrected chi connectivity index (χ4v) is 1.85. The molecule has 0 fully saturated rings. The van der Waals surface area contributed by atoms with Crippen LogP contribution in [0.4, 0.5) is 0 Å². The van der Waals surface area contributed by atoms with Crippen molar-refractivity contribution in [1.82, 2.24) is 4.98 Å². The van der Waals surface area contributed by atoms with E-state index in [1.807, 2.05) is 12.1 Å². The smallest absolute Gasteiger partial charge is 0.213 e. The number of aromatic nitrogens is 1.